The molecular formula is C16H18N2O2S. The second kappa shape index (κ2) is 6.37. The molecule has 4 nitrogen and oxygen atoms in total. The van der Waals surface area contributed by atoms with Crippen LogP contribution in [0.5, 0.6) is 0 Å². The van der Waals surface area contributed by atoms with Crippen molar-refractivity contribution in [2.24, 2.45) is 0 Å². The van der Waals surface area contributed by atoms with Crippen LogP contribution in [0.2, 0.25) is 0 Å². The topological polar surface area (TPSA) is 53.4 Å². The van der Waals surface area contributed by atoms with E-state index in [-0.39, 0.29) is 0 Å². The molecule has 1 aliphatic rings. The Balaban J connectivity index is 1.70. The number of likely N-dealkylation sites (tertiary alicyclic amines) is 1. The zero-order chi connectivity index (χ0) is 14.7. The number of thiazole rings is 1. The van der Waals surface area contributed by atoms with Gasteiger partial charge in [0.05, 0.1) is 16.8 Å². The molecular weight excluding hydrogens is 284 g/mol. The molecule has 5 heteroatoms. The Kier molecular flexibility index (Phi) is 4.31. The molecule has 1 aromatic carbocycles. The van der Waals surface area contributed by atoms with Crippen LogP contribution < -0.4 is 0 Å². The van der Waals surface area contributed by atoms with Crippen molar-refractivity contribution in [3.63, 3.8) is 0 Å². The first-order chi connectivity index (χ1) is 10.2. The largest absolute Gasteiger partial charge is 0.478 e. The highest BCUT2D eigenvalue weighted by Crippen LogP contribution is 2.28. The second-order valence-corrected chi connectivity index (χ2v) is 6.20. The zero-order valence-corrected chi connectivity index (χ0v) is 12.6. The van der Waals surface area contributed by atoms with Crippen LogP contribution in [0.25, 0.3) is 0 Å². The number of nitrogens with zero attached hydrogens (tertiary/aromatic N) is 2. The van der Waals surface area contributed by atoms with Gasteiger partial charge in [0, 0.05) is 18.5 Å². The van der Waals surface area contributed by atoms with Gasteiger partial charge in [0.25, 0.3) is 0 Å². The van der Waals surface area contributed by atoms with Crippen LogP contribution in [-0.4, -0.2) is 34.0 Å². The van der Waals surface area contributed by atoms with E-state index in [1.807, 2.05) is 23.7 Å². The van der Waals surface area contributed by atoms with Crippen molar-refractivity contribution in [1.29, 1.82) is 0 Å². The minimum atomic E-state index is -0.855. The number of hydrogen-bond donors (Lipinski definition) is 1. The van der Waals surface area contributed by atoms with Crippen LogP contribution in [0.15, 0.2) is 35.2 Å². The normalized spacial score (nSPS) is 19.5. The molecule has 1 saturated heterocycles. The van der Waals surface area contributed by atoms with E-state index >= 15 is 0 Å². The van der Waals surface area contributed by atoms with Gasteiger partial charge < -0.3 is 5.11 Å². The van der Waals surface area contributed by atoms with Gasteiger partial charge in [-0.1, -0.05) is 12.1 Å². The van der Waals surface area contributed by atoms with Crippen LogP contribution in [0.1, 0.15) is 40.4 Å². The van der Waals surface area contributed by atoms with E-state index in [0.29, 0.717) is 11.5 Å². The van der Waals surface area contributed by atoms with Crippen molar-refractivity contribution in [2.75, 3.05) is 13.1 Å². The molecule has 3 rings (SSSR count). The van der Waals surface area contributed by atoms with Gasteiger partial charge in [-0.25, -0.2) is 9.78 Å². The maximum atomic E-state index is 11.1. The zero-order valence-electron chi connectivity index (χ0n) is 11.7. The summed E-state index contributed by atoms with van der Waals surface area (Å²) in [5.74, 6) is -0.441. The molecule has 0 radical (unpaired) electrons. The summed E-state index contributed by atoms with van der Waals surface area (Å²) in [6.45, 7) is 2.95. The molecule has 1 aliphatic heterocycles. The summed E-state index contributed by atoms with van der Waals surface area (Å²) in [4.78, 5) is 17.9. The summed E-state index contributed by atoms with van der Waals surface area (Å²) in [6, 6.07) is 7.36. The smallest absolute Gasteiger partial charge is 0.335 e. The highest BCUT2D eigenvalue weighted by Gasteiger charge is 2.22. The number of carboxylic acid groups (broad SMARTS) is 1. The molecule has 2 aromatic rings. The third kappa shape index (κ3) is 3.49. The third-order valence-corrected chi connectivity index (χ3v) is 4.61. The number of benzene rings is 1. The molecule has 0 saturated carbocycles. The first-order valence-electron chi connectivity index (χ1n) is 7.15. The van der Waals surface area contributed by atoms with Crippen molar-refractivity contribution < 1.29 is 9.90 Å². The number of carboxylic acids is 1. The van der Waals surface area contributed by atoms with Gasteiger partial charge >= 0.3 is 5.97 Å². The van der Waals surface area contributed by atoms with Crippen LogP contribution >= 0.6 is 11.3 Å². The molecule has 0 unspecified atom stereocenters. The molecule has 0 amide bonds. The average molecular weight is 302 g/mol. The van der Waals surface area contributed by atoms with Crippen molar-refractivity contribution >= 4 is 17.3 Å². The molecule has 110 valence electrons. The maximum Gasteiger partial charge on any atom is 0.335 e. The van der Waals surface area contributed by atoms with E-state index in [0.717, 1.165) is 43.7 Å². The van der Waals surface area contributed by atoms with Gasteiger partial charge in [0.1, 0.15) is 0 Å². The lowest BCUT2D eigenvalue weighted by atomic mass is 9.89. The number of hydrogen-bond acceptors (Lipinski definition) is 4. The van der Waals surface area contributed by atoms with Crippen molar-refractivity contribution in [3.8, 4) is 0 Å². The Morgan fingerprint density at radius 1 is 1.48 bits per heavy atom. The SMILES string of the molecule is O=C(O)c1cccc([C@H]2CCCN(Cc3cscn3)C2)c1. The summed E-state index contributed by atoms with van der Waals surface area (Å²) >= 11 is 1.63. The molecule has 2 heterocycles. The molecule has 0 aliphatic carbocycles. The van der Waals surface area contributed by atoms with Crippen molar-refractivity contribution in [3.05, 3.63) is 52.0 Å². The second-order valence-electron chi connectivity index (χ2n) is 5.48. The van der Waals surface area contributed by atoms with Crippen LogP contribution in [0.3, 0.4) is 0 Å². The Morgan fingerprint density at radius 3 is 3.14 bits per heavy atom. The lowest BCUT2D eigenvalue weighted by molar-refractivity contribution is 0.0696. The van der Waals surface area contributed by atoms with Gasteiger partial charge in [-0.3, -0.25) is 4.90 Å². The Bertz CT molecular complexity index is 612. The quantitative estimate of drug-likeness (QED) is 0.942. The van der Waals surface area contributed by atoms with E-state index in [2.05, 4.69) is 15.3 Å². The first kappa shape index (κ1) is 14.2. The lowest BCUT2D eigenvalue weighted by Gasteiger charge is -2.32. The highest BCUT2D eigenvalue weighted by molar-refractivity contribution is 7.07. The minimum Gasteiger partial charge on any atom is -0.478 e. The van der Waals surface area contributed by atoms with Crippen LogP contribution in [0.4, 0.5) is 0 Å². The Morgan fingerprint density at radius 2 is 2.38 bits per heavy atom. The summed E-state index contributed by atoms with van der Waals surface area (Å²) in [5.41, 5.74) is 4.51. The minimum absolute atomic E-state index is 0.379. The molecule has 1 atom stereocenters. The predicted molar refractivity (Wildman–Crippen MR) is 82.8 cm³/mol. The highest BCUT2D eigenvalue weighted by atomic mass is 32.1. The third-order valence-electron chi connectivity index (χ3n) is 3.98. The van der Waals surface area contributed by atoms with Crippen molar-refractivity contribution in [2.45, 2.75) is 25.3 Å². The molecule has 1 aromatic heterocycles. The number of aromatic nitrogens is 1. The standard InChI is InChI=1S/C16H18N2O2S/c19-16(20)13-4-1-3-12(7-13)14-5-2-6-18(8-14)9-15-10-21-11-17-15/h1,3-4,7,10-11,14H,2,5-6,8-9H2,(H,19,20)/t14-/m0/s1. The molecule has 0 spiro atoms. The Labute approximate surface area is 128 Å². The monoisotopic (exact) mass is 302 g/mol. The lowest BCUT2D eigenvalue weighted by Crippen LogP contribution is -2.34. The summed E-state index contributed by atoms with van der Waals surface area (Å²) in [7, 11) is 0. The van der Waals surface area contributed by atoms with Gasteiger partial charge in [0.2, 0.25) is 0 Å². The van der Waals surface area contributed by atoms with Crippen molar-refractivity contribution in [1.82, 2.24) is 9.88 Å². The molecule has 21 heavy (non-hydrogen) atoms. The molecule has 1 N–H and O–H groups in total. The fourth-order valence-corrected chi connectivity index (χ4v) is 3.49. The van der Waals surface area contributed by atoms with E-state index < -0.39 is 5.97 Å². The van der Waals surface area contributed by atoms with Gasteiger partial charge in [-0.15, -0.1) is 11.3 Å². The van der Waals surface area contributed by atoms with Crippen LogP contribution in [-0.2, 0) is 6.54 Å². The molecule has 1 fully saturated rings. The fourth-order valence-electron chi connectivity index (χ4n) is 2.94. The number of piperidine rings is 1. The molecule has 0 bridgehead atoms. The van der Waals surface area contributed by atoms with E-state index in [4.69, 9.17) is 5.11 Å². The predicted octanol–water partition coefficient (Wildman–Crippen LogP) is 3.22. The fraction of sp³-hybridized carbons (Fsp3) is 0.375. The Hall–Kier alpha value is -1.72. The maximum absolute atomic E-state index is 11.1. The summed E-state index contributed by atoms with van der Waals surface area (Å²) in [5, 5.41) is 11.2. The number of rotatable bonds is 4. The number of aromatic carboxylic acids is 1. The van der Waals surface area contributed by atoms with Gasteiger partial charge in [-0.05, 0) is 43.0 Å². The van der Waals surface area contributed by atoms with E-state index in [1.54, 1.807) is 17.4 Å². The van der Waals surface area contributed by atoms with Gasteiger partial charge in [0.15, 0.2) is 0 Å². The number of carbonyl (C=O) groups is 1. The first-order valence-corrected chi connectivity index (χ1v) is 8.09. The average Bonchev–Trinajstić information content (AvgIpc) is 3.00. The van der Waals surface area contributed by atoms with E-state index in [9.17, 15) is 4.79 Å². The van der Waals surface area contributed by atoms with E-state index in [1.165, 1.54) is 0 Å². The summed E-state index contributed by atoms with van der Waals surface area (Å²) in [6.07, 6.45) is 2.27. The summed E-state index contributed by atoms with van der Waals surface area (Å²) < 4.78 is 0. The van der Waals surface area contributed by atoms with Crippen LogP contribution in [0, 0.1) is 0 Å². The van der Waals surface area contributed by atoms with Gasteiger partial charge in [-0.2, -0.15) is 0 Å².